The second-order valence-electron chi connectivity index (χ2n) is 7.18. The summed E-state index contributed by atoms with van der Waals surface area (Å²) in [7, 11) is -7.50. The van der Waals surface area contributed by atoms with E-state index < -0.39 is 26.1 Å². The van der Waals surface area contributed by atoms with Gasteiger partial charge >= 0.3 is 0 Å². The number of nitrogens with zero attached hydrogens (tertiary/aromatic N) is 2. The van der Waals surface area contributed by atoms with Crippen molar-refractivity contribution in [3.63, 3.8) is 0 Å². The number of benzene rings is 1. The molecule has 2 heterocycles. The molecule has 2 aliphatic rings. The van der Waals surface area contributed by atoms with Gasteiger partial charge in [-0.2, -0.15) is 8.61 Å². The molecular formula is C17H25N3O5S2. The van der Waals surface area contributed by atoms with Gasteiger partial charge in [0.2, 0.25) is 26.0 Å². The van der Waals surface area contributed by atoms with Crippen molar-refractivity contribution in [1.29, 1.82) is 0 Å². The van der Waals surface area contributed by atoms with E-state index in [4.69, 9.17) is 0 Å². The van der Waals surface area contributed by atoms with Crippen molar-refractivity contribution in [2.75, 3.05) is 26.2 Å². The Morgan fingerprint density at radius 1 is 0.926 bits per heavy atom. The first kappa shape index (κ1) is 20.2. The smallest absolute Gasteiger partial charge is 0.243 e. The first-order valence-corrected chi connectivity index (χ1v) is 11.9. The second-order valence-corrected chi connectivity index (χ2v) is 11.0. The van der Waals surface area contributed by atoms with E-state index in [0.29, 0.717) is 13.1 Å². The minimum atomic E-state index is -3.91. The molecule has 0 radical (unpaired) electrons. The molecule has 8 nitrogen and oxygen atoms in total. The molecule has 0 bridgehead atoms. The maximum Gasteiger partial charge on any atom is 0.243 e. The van der Waals surface area contributed by atoms with E-state index in [9.17, 15) is 21.6 Å². The molecule has 0 spiro atoms. The normalized spacial score (nSPS) is 22.9. The van der Waals surface area contributed by atoms with Crippen molar-refractivity contribution in [2.45, 2.75) is 42.5 Å². The maximum atomic E-state index is 13.1. The lowest BCUT2D eigenvalue weighted by molar-refractivity contribution is -0.128. The van der Waals surface area contributed by atoms with E-state index >= 15 is 0 Å². The van der Waals surface area contributed by atoms with Crippen molar-refractivity contribution in [2.24, 2.45) is 5.92 Å². The van der Waals surface area contributed by atoms with Crippen LogP contribution in [0.1, 0.15) is 26.7 Å². The number of hydrogen-bond donors (Lipinski definition) is 1. The summed E-state index contributed by atoms with van der Waals surface area (Å²) in [5.74, 6) is -0.497. The molecule has 1 amide bonds. The van der Waals surface area contributed by atoms with Gasteiger partial charge in [0, 0.05) is 26.2 Å². The predicted molar refractivity (Wildman–Crippen MR) is 100.0 cm³/mol. The summed E-state index contributed by atoms with van der Waals surface area (Å²) >= 11 is 0. The molecule has 2 fully saturated rings. The molecule has 0 aromatic heterocycles. The fourth-order valence-electron chi connectivity index (χ4n) is 3.57. The molecule has 1 aromatic rings. The van der Waals surface area contributed by atoms with Crippen LogP contribution in [-0.2, 0) is 24.8 Å². The third-order valence-electron chi connectivity index (χ3n) is 4.97. The topological polar surface area (TPSA) is 104 Å². The average Bonchev–Trinajstić information content (AvgIpc) is 3.17. The van der Waals surface area contributed by atoms with Crippen LogP contribution in [-0.4, -0.2) is 63.6 Å². The quantitative estimate of drug-likeness (QED) is 0.759. The maximum absolute atomic E-state index is 13.1. The number of carbonyl (C=O) groups excluding carboxylic acids is 1. The Bertz CT molecular complexity index is 904. The van der Waals surface area contributed by atoms with Crippen LogP contribution in [0.3, 0.4) is 0 Å². The molecule has 0 aliphatic carbocycles. The van der Waals surface area contributed by atoms with Gasteiger partial charge in [-0.25, -0.2) is 16.8 Å². The number of sulfonamides is 2. The first-order valence-electron chi connectivity index (χ1n) is 9.05. The number of hydrogen-bond acceptors (Lipinski definition) is 5. The van der Waals surface area contributed by atoms with E-state index in [0.717, 1.165) is 12.8 Å². The number of carbonyl (C=O) groups is 1. The predicted octanol–water partition coefficient (Wildman–Crippen LogP) is 0.616. The monoisotopic (exact) mass is 415 g/mol. The Morgan fingerprint density at radius 2 is 1.44 bits per heavy atom. The number of nitrogens with one attached hydrogen (secondary N) is 1. The zero-order valence-corrected chi connectivity index (χ0v) is 17.1. The standard InChI is InChI=1S/C17H25N3O5S2/c1-13(2)16-17(21)18-9-12-20(16)27(24,25)15-7-5-14(6-8-15)26(22,23)19-10-3-4-11-19/h5-8,13,16H,3-4,9-12H2,1-2H3,(H,18,21). The molecule has 2 saturated heterocycles. The molecule has 10 heteroatoms. The van der Waals surface area contributed by atoms with Crippen LogP contribution in [0.15, 0.2) is 34.1 Å². The van der Waals surface area contributed by atoms with Gasteiger partial charge in [-0.3, -0.25) is 4.79 Å². The molecular weight excluding hydrogens is 390 g/mol. The fraction of sp³-hybridized carbons (Fsp3) is 0.588. The Balaban J connectivity index is 1.90. The van der Waals surface area contributed by atoms with Gasteiger partial charge in [0.05, 0.1) is 9.79 Å². The summed E-state index contributed by atoms with van der Waals surface area (Å²) in [4.78, 5) is 12.2. The van der Waals surface area contributed by atoms with Gasteiger partial charge in [0.1, 0.15) is 6.04 Å². The summed E-state index contributed by atoms with van der Waals surface area (Å²) < 4.78 is 53.9. The Morgan fingerprint density at radius 3 is 1.96 bits per heavy atom. The van der Waals surface area contributed by atoms with Crippen LogP contribution in [0.2, 0.25) is 0 Å². The molecule has 0 saturated carbocycles. The van der Waals surface area contributed by atoms with E-state index in [-0.39, 0.29) is 34.7 Å². The van der Waals surface area contributed by atoms with Crippen molar-refractivity contribution >= 4 is 26.0 Å². The highest BCUT2D eigenvalue weighted by molar-refractivity contribution is 7.89. The van der Waals surface area contributed by atoms with Crippen LogP contribution >= 0.6 is 0 Å². The van der Waals surface area contributed by atoms with Crippen molar-refractivity contribution < 1.29 is 21.6 Å². The van der Waals surface area contributed by atoms with Gasteiger partial charge < -0.3 is 5.32 Å². The minimum absolute atomic E-state index is 0.0109. The molecule has 3 rings (SSSR count). The van der Waals surface area contributed by atoms with E-state index in [1.54, 1.807) is 13.8 Å². The molecule has 27 heavy (non-hydrogen) atoms. The largest absolute Gasteiger partial charge is 0.353 e. The van der Waals surface area contributed by atoms with Crippen LogP contribution < -0.4 is 5.32 Å². The minimum Gasteiger partial charge on any atom is -0.353 e. The van der Waals surface area contributed by atoms with Crippen molar-refractivity contribution in [1.82, 2.24) is 13.9 Å². The third-order valence-corrected chi connectivity index (χ3v) is 8.78. The summed E-state index contributed by atoms with van der Waals surface area (Å²) in [6, 6.07) is 4.49. The Hall–Kier alpha value is -1.49. The van der Waals surface area contributed by atoms with Crippen LogP contribution in [0, 0.1) is 5.92 Å². The van der Waals surface area contributed by atoms with Gasteiger partial charge in [0.25, 0.3) is 0 Å². The molecule has 150 valence electrons. The molecule has 2 aliphatic heterocycles. The molecule has 1 N–H and O–H groups in total. The van der Waals surface area contributed by atoms with Crippen LogP contribution in [0.5, 0.6) is 0 Å². The highest BCUT2D eigenvalue weighted by atomic mass is 32.2. The first-order chi connectivity index (χ1) is 12.7. The van der Waals surface area contributed by atoms with Crippen molar-refractivity contribution in [3.05, 3.63) is 24.3 Å². The highest BCUT2D eigenvalue weighted by Gasteiger charge is 2.40. The Kier molecular flexibility index (Phi) is 5.62. The summed E-state index contributed by atoms with van der Waals surface area (Å²) in [5, 5.41) is 2.70. The average molecular weight is 416 g/mol. The summed E-state index contributed by atoms with van der Waals surface area (Å²) in [5.41, 5.74) is 0. The van der Waals surface area contributed by atoms with E-state index in [1.807, 2.05) is 0 Å². The molecule has 1 atom stereocenters. The second kappa shape index (κ2) is 7.50. The van der Waals surface area contributed by atoms with Gasteiger partial charge in [-0.15, -0.1) is 0 Å². The van der Waals surface area contributed by atoms with E-state index in [2.05, 4.69) is 5.32 Å². The van der Waals surface area contributed by atoms with Gasteiger partial charge in [-0.1, -0.05) is 13.8 Å². The van der Waals surface area contributed by atoms with Crippen LogP contribution in [0.25, 0.3) is 0 Å². The fourth-order valence-corrected chi connectivity index (χ4v) is 6.80. The number of rotatable bonds is 5. The molecule has 1 unspecified atom stereocenters. The van der Waals surface area contributed by atoms with Crippen LogP contribution in [0.4, 0.5) is 0 Å². The summed E-state index contributed by atoms with van der Waals surface area (Å²) in [6.07, 6.45) is 1.67. The lowest BCUT2D eigenvalue weighted by atomic mass is 10.0. The zero-order chi connectivity index (χ0) is 19.8. The van der Waals surface area contributed by atoms with Gasteiger partial charge in [-0.05, 0) is 43.0 Å². The lowest BCUT2D eigenvalue weighted by Gasteiger charge is -2.36. The number of piperazine rings is 1. The SMILES string of the molecule is CC(C)C1C(=O)NCCN1S(=O)(=O)c1ccc(S(=O)(=O)N2CCCC2)cc1. The van der Waals surface area contributed by atoms with Gasteiger partial charge in [0.15, 0.2) is 0 Å². The molecule has 1 aromatic carbocycles. The van der Waals surface area contributed by atoms with E-state index in [1.165, 1.54) is 32.9 Å². The zero-order valence-electron chi connectivity index (χ0n) is 15.5. The Labute approximate surface area is 160 Å². The van der Waals surface area contributed by atoms with Crippen molar-refractivity contribution in [3.8, 4) is 0 Å². The number of amides is 1. The third kappa shape index (κ3) is 3.75. The summed E-state index contributed by atoms with van der Waals surface area (Å²) in [6.45, 7) is 5.00. The lowest BCUT2D eigenvalue weighted by Crippen LogP contribution is -2.58. The highest BCUT2D eigenvalue weighted by Crippen LogP contribution is 2.26.